The maximum absolute atomic E-state index is 13.1. The zero-order valence-electron chi connectivity index (χ0n) is 15.6. The van der Waals surface area contributed by atoms with E-state index in [0.29, 0.717) is 16.3 Å². The molecule has 2 fully saturated rings. The first-order valence-corrected chi connectivity index (χ1v) is 10.4. The number of fused-ring (bicyclic) bond motifs is 1. The van der Waals surface area contributed by atoms with Crippen molar-refractivity contribution in [3.05, 3.63) is 50.1 Å². The molecule has 2 aliphatic carbocycles. The number of alkyl halides is 3. The molecule has 3 aromatic rings. The zero-order valence-corrected chi connectivity index (χ0v) is 16.4. The highest BCUT2D eigenvalue weighted by molar-refractivity contribution is 7.17. The fourth-order valence-corrected chi connectivity index (χ4v) is 5.06. The average molecular weight is 424 g/mol. The molecule has 3 heterocycles. The maximum atomic E-state index is 13.1. The van der Waals surface area contributed by atoms with Gasteiger partial charge >= 0.3 is 6.18 Å². The summed E-state index contributed by atoms with van der Waals surface area (Å²) in [5, 5.41) is 13.1. The van der Waals surface area contributed by atoms with Crippen LogP contribution in [0, 0.1) is 12.8 Å². The van der Waals surface area contributed by atoms with Gasteiger partial charge in [-0.05, 0) is 38.2 Å². The van der Waals surface area contributed by atoms with Gasteiger partial charge in [0.1, 0.15) is 0 Å². The summed E-state index contributed by atoms with van der Waals surface area (Å²) in [4.78, 5) is 18.9. The van der Waals surface area contributed by atoms with Crippen molar-refractivity contribution < 1.29 is 18.3 Å². The van der Waals surface area contributed by atoms with Gasteiger partial charge in [0.15, 0.2) is 10.7 Å². The van der Waals surface area contributed by atoms with Crippen LogP contribution in [0.3, 0.4) is 0 Å². The Kier molecular flexibility index (Phi) is 4.15. The molecule has 5 rings (SSSR count). The molecule has 0 saturated heterocycles. The molecule has 2 aliphatic rings. The molecule has 0 bridgehead atoms. The van der Waals surface area contributed by atoms with Crippen LogP contribution in [0.25, 0.3) is 4.96 Å². The molecule has 10 heteroatoms. The predicted molar refractivity (Wildman–Crippen MR) is 100 cm³/mol. The highest BCUT2D eigenvalue weighted by Crippen LogP contribution is 2.49. The van der Waals surface area contributed by atoms with E-state index < -0.39 is 11.9 Å². The number of aryl methyl sites for hydroxylation is 1. The second kappa shape index (κ2) is 6.40. The van der Waals surface area contributed by atoms with Crippen molar-refractivity contribution in [3.8, 4) is 0 Å². The first-order chi connectivity index (χ1) is 13.8. The number of nitrogens with zero attached hydrogens (tertiary/aromatic N) is 4. The highest BCUT2D eigenvalue weighted by atomic mass is 32.1. The van der Waals surface area contributed by atoms with Crippen molar-refractivity contribution >= 4 is 16.3 Å². The third-order valence-electron chi connectivity index (χ3n) is 5.70. The molecule has 0 radical (unpaired) electrons. The summed E-state index contributed by atoms with van der Waals surface area (Å²) in [6.45, 7) is 2.05. The second-order valence-electron chi connectivity index (χ2n) is 7.92. The van der Waals surface area contributed by atoms with E-state index in [-0.39, 0.29) is 36.5 Å². The summed E-state index contributed by atoms with van der Waals surface area (Å²) in [5.41, 5.74) is 0.687. The monoisotopic (exact) mass is 424 g/mol. The van der Waals surface area contributed by atoms with Gasteiger partial charge in [0.25, 0.3) is 5.56 Å². The van der Waals surface area contributed by atoms with Crippen molar-refractivity contribution in [2.24, 2.45) is 5.92 Å². The molecule has 0 amide bonds. The minimum Gasteiger partial charge on any atom is -0.396 e. The van der Waals surface area contributed by atoms with Crippen LogP contribution in [-0.4, -0.2) is 30.9 Å². The minimum absolute atomic E-state index is 0.0304. The third-order valence-corrected chi connectivity index (χ3v) is 6.68. The van der Waals surface area contributed by atoms with Gasteiger partial charge < -0.3 is 5.11 Å². The number of rotatable bonds is 5. The fraction of sp³-hybridized carbons (Fsp3) is 0.526. The highest BCUT2D eigenvalue weighted by Gasteiger charge is 2.41. The van der Waals surface area contributed by atoms with Crippen LogP contribution >= 0.6 is 11.3 Å². The van der Waals surface area contributed by atoms with Crippen LogP contribution in [-0.2, 0) is 12.7 Å². The summed E-state index contributed by atoms with van der Waals surface area (Å²) in [7, 11) is 0. The Labute approximate surface area is 167 Å². The Bertz CT molecular complexity index is 1160. The minimum atomic E-state index is -4.50. The van der Waals surface area contributed by atoms with Gasteiger partial charge in [0.05, 0.1) is 12.2 Å². The zero-order chi connectivity index (χ0) is 20.5. The summed E-state index contributed by atoms with van der Waals surface area (Å²) in [6, 6.07) is 2.49. The number of hydrogen-bond donors (Lipinski definition) is 1. The number of thiazole rings is 1. The van der Waals surface area contributed by atoms with Crippen molar-refractivity contribution in [1.29, 1.82) is 0 Å². The van der Waals surface area contributed by atoms with Crippen molar-refractivity contribution in [1.82, 2.24) is 19.2 Å². The van der Waals surface area contributed by atoms with Gasteiger partial charge in [-0.3, -0.25) is 13.9 Å². The Balaban J connectivity index is 1.53. The van der Waals surface area contributed by atoms with Gasteiger partial charge in [-0.15, -0.1) is 11.3 Å². The van der Waals surface area contributed by atoms with Gasteiger partial charge in [0, 0.05) is 40.8 Å². The average Bonchev–Trinajstić information content (AvgIpc) is 3.55. The van der Waals surface area contributed by atoms with Crippen molar-refractivity contribution in [2.75, 3.05) is 6.61 Å². The molecule has 0 aromatic carbocycles. The van der Waals surface area contributed by atoms with Crippen LogP contribution < -0.4 is 5.56 Å². The third kappa shape index (κ3) is 3.28. The summed E-state index contributed by atoms with van der Waals surface area (Å²) < 4.78 is 42.2. The normalized spacial score (nSPS) is 21.8. The van der Waals surface area contributed by atoms with Crippen LogP contribution in [0.5, 0.6) is 0 Å². The number of hydrogen-bond acceptors (Lipinski definition) is 5. The van der Waals surface area contributed by atoms with E-state index in [1.54, 1.807) is 4.40 Å². The topological polar surface area (TPSA) is 72.4 Å². The number of aliphatic hydroxyl groups excluding tert-OH is 1. The number of halogens is 3. The van der Waals surface area contributed by atoms with E-state index in [4.69, 9.17) is 0 Å². The van der Waals surface area contributed by atoms with Crippen LogP contribution in [0.1, 0.15) is 58.8 Å². The quantitative estimate of drug-likeness (QED) is 0.682. The largest absolute Gasteiger partial charge is 0.435 e. The first kappa shape index (κ1) is 18.8. The van der Waals surface area contributed by atoms with Gasteiger partial charge in [-0.2, -0.15) is 18.3 Å². The molecule has 2 saturated carbocycles. The molecular formula is C19H19F3N4O2S. The van der Waals surface area contributed by atoms with E-state index in [9.17, 15) is 23.1 Å². The second-order valence-corrected chi connectivity index (χ2v) is 9.10. The van der Waals surface area contributed by atoms with Gasteiger partial charge in [-0.25, -0.2) is 4.98 Å². The fourth-order valence-electron chi connectivity index (χ4n) is 3.99. The van der Waals surface area contributed by atoms with Crippen LogP contribution in [0.15, 0.2) is 16.9 Å². The van der Waals surface area contributed by atoms with E-state index in [1.165, 1.54) is 22.1 Å². The molecule has 154 valence electrons. The smallest absolute Gasteiger partial charge is 0.396 e. The predicted octanol–water partition coefficient (Wildman–Crippen LogP) is 3.30. The Morgan fingerprint density at radius 2 is 2.07 bits per heavy atom. The molecule has 2 unspecified atom stereocenters. The molecule has 6 nitrogen and oxygen atoms in total. The van der Waals surface area contributed by atoms with E-state index in [1.807, 2.05) is 6.92 Å². The number of aliphatic hydroxyl groups is 1. The van der Waals surface area contributed by atoms with Crippen molar-refractivity contribution in [2.45, 2.75) is 50.7 Å². The molecule has 2 atom stereocenters. The molecule has 3 aromatic heterocycles. The lowest BCUT2D eigenvalue weighted by Gasteiger charge is -2.07. The lowest BCUT2D eigenvalue weighted by Crippen LogP contribution is -2.18. The van der Waals surface area contributed by atoms with E-state index in [0.717, 1.165) is 35.9 Å². The lowest BCUT2D eigenvalue weighted by atomic mass is 10.2. The molecule has 0 aliphatic heterocycles. The summed E-state index contributed by atoms with van der Waals surface area (Å²) >= 11 is 1.39. The van der Waals surface area contributed by atoms with Crippen LogP contribution in [0.4, 0.5) is 13.2 Å². The summed E-state index contributed by atoms with van der Waals surface area (Å²) in [6.07, 6.45) is -1.97. The molecule has 29 heavy (non-hydrogen) atoms. The van der Waals surface area contributed by atoms with Crippen LogP contribution in [0.2, 0.25) is 0 Å². The first-order valence-electron chi connectivity index (χ1n) is 9.54. The van der Waals surface area contributed by atoms with E-state index in [2.05, 4.69) is 10.1 Å². The standard InChI is InChI=1S/C19H19F3N4O2S/c1-9-17(13-4-11(13)8-27)26-16(28)5-12(23-18(26)29-9)7-25-14(10-2-3-10)6-15(24-25)19(20,21)22/h5-6,10-11,13,27H,2-4,7-8H2,1H3. The van der Waals surface area contributed by atoms with Gasteiger partial charge in [-0.1, -0.05) is 0 Å². The Hall–Kier alpha value is -2.20. The molecule has 0 spiro atoms. The molecule has 1 N–H and O–H groups in total. The lowest BCUT2D eigenvalue weighted by molar-refractivity contribution is -0.141. The SMILES string of the molecule is Cc1sc2nc(Cn3nc(C(F)(F)F)cc3C3CC3)cc(=O)n2c1C1CC1CO. The Morgan fingerprint density at radius 3 is 2.69 bits per heavy atom. The van der Waals surface area contributed by atoms with Gasteiger partial charge in [0.2, 0.25) is 0 Å². The summed E-state index contributed by atoms with van der Waals surface area (Å²) in [5.74, 6) is 0.411. The maximum Gasteiger partial charge on any atom is 0.435 e. The Morgan fingerprint density at radius 1 is 1.31 bits per heavy atom. The van der Waals surface area contributed by atoms with E-state index >= 15 is 0 Å². The molecular weight excluding hydrogens is 405 g/mol. The number of aromatic nitrogens is 4. The van der Waals surface area contributed by atoms with Crippen molar-refractivity contribution in [3.63, 3.8) is 0 Å².